The Morgan fingerprint density at radius 3 is 2.05 bits per heavy atom. The molecule has 3 aromatic rings. The standard InChI is InChI=1S/C32H35ClN2O3S/c1-20-3-10-29(13-21(20)2)35(39(37,38)30-11-6-27(33)7-12-30)19-31(36)34-28-8-4-24(5-9-28)32-25-15-22-14-23(17-25)18-26(32)16-22/h3-13,22-23,25-26,32H,14-19H2,1-2H3,(H,34,36). The summed E-state index contributed by atoms with van der Waals surface area (Å²) in [6.07, 6.45) is 6.91. The summed E-state index contributed by atoms with van der Waals surface area (Å²) in [5.74, 6) is 3.71. The molecule has 39 heavy (non-hydrogen) atoms. The van der Waals surface area contributed by atoms with Crippen molar-refractivity contribution in [1.82, 2.24) is 0 Å². The van der Waals surface area contributed by atoms with Gasteiger partial charge in [-0.1, -0.05) is 29.8 Å². The summed E-state index contributed by atoms with van der Waals surface area (Å²) in [4.78, 5) is 13.3. The number of sulfonamides is 1. The summed E-state index contributed by atoms with van der Waals surface area (Å²) in [5, 5.41) is 3.38. The average Bonchev–Trinajstić information content (AvgIpc) is 2.89. The van der Waals surface area contributed by atoms with Gasteiger partial charge in [0, 0.05) is 10.7 Å². The van der Waals surface area contributed by atoms with Crippen LogP contribution >= 0.6 is 11.6 Å². The Labute approximate surface area is 236 Å². The number of benzene rings is 3. The predicted molar refractivity (Wildman–Crippen MR) is 157 cm³/mol. The van der Waals surface area contributed by atoms with Gasteiger partial charge in [-0.2, -0.15) is 0 Å². The molecular weight excluding hydrogens is 528 g/mol. The molecular formula is C32H35ClN2O3S. The highest BCUT2D eigenvalue weighted by Crippen LogP contribution is 2.59. The molecule has 0 saturated heterocycles. The number of carbonyl (C=O) groups excluding carboxylic acids is 1. The van der Waals surface area contributed by atoms with Crippen LogP contribution in [0.1, 0.15) is 54.7 Å². The molecule has 0 aliphatic heterocycles. The van der Waals surface area contributed by atoms with Gasteiger partial charge in [0.1, 0.15) is 6.54 Å². The molecule has 4 bridgehead atoms. The van der Waals surface area contributed by atoms with Crippen LogP contribution in [0.5, 0.6) is 0 Å². The molecule has 5 nitrogen and oxygen atoms in total. The fourth-order valence-corrected chi connectivity index (χ4v) is 9.06. The molecule has 4 aliphatic carbocycles. The highest BCUT2D eigenvalue weighted by atomic mass is 35.5. The Morgan fingerprint density at radius 2 is 1.46 bits per heavy atom. The SMILES string of the molecule is Cc1ccc(N(CC(=O)Nc2ccc(C3C4CC5CC(C4)CC3C5)cc2)S(=O)(=O)c2ccc(Cl)cc2)cc1C. The lowest BCUT2D eigenvalue weighted by Crippen LogP contribution is -2.43. The van der Waals surface area contributed by atoms with E-state index >= 15 is 0 Å². The van der Waals surface area contributed by atoms with Crippen LogP contribution in [0.4, 0.5) is 11.4 Å². The summed E-state index contributed by atoms with van der Waals surface area (Å²) in [5.41, 5.74) is 4.50. The van der Waals surface area contributed by atoms with E-state index in [2.05, 4.69) is 17.4 Å². The minimum absolute atomic E-state index is 0.0814. The quantitative estimate of drug-likeness (QED) is 0.328. The van der Waals surface area contributed by atoms with Gasteiger partial charge in [-0.05, 0) is 141 Å². The van der Waals surface area contributed by atoms with Crippen LogP contribution in [-0.2, 0) is 14.8 Å². The lowest BCUT2D eigenvalue weighted by atomic mass is 9.51. The molecule has 0 atom stereocenters. The zero-order chi connectivity index (χ0) is 27.3. The molecule has 7 heteroatoms. The highest BCUT2D eigenvalue weighted by molar-refractivity contribution is 7.92. The van der Waals surface area contributed by atoms with Crippen LogP contribution in [0.3, 0.4) is 0 Å². The van der Waals surface area contributed by atoms with Gasteiger partial charge in [0.2, 0.25) is 5.91 Å². The Hall–Kier alpha value is -2.83. The number of rotatable bonds is 7. The lowest BCUT2D eigenvalue weighted by Gasteiger charge is -2.54. The molecule has 0 spiro atoms. The maximum Gasteiger partial charge on any atom is 0.264 e. The summed E-state index contributed by atoms with van der Waals surface area (Å²) in [7, 11) is -4.01. The van der Waals surface area contributed by atoms with Crippen molar-refractivity contribution < 1.29 is 13.2 Å². The number of halogens is 1. The Kier molecular flexibility index (Phi) is 6.96. The normalized spacial score (nSPS) is 25.5. The second-order valence-corrected chi connectivity index (χ2v) is 14.2. The number of carbonyl (C=O) groups is 1. The van der Waals surface area contributed by atoms with Gasteiger partial charge in [-0.3, -0.25) is 9.10 Å². The summed E-state index contributed by atoms with van der Waals surface area (Å²) in [6.45, 7) is 3.55. The van der Waals surface area contributed by atoms with Crippen LogP contribution in [-0.4, -0.2) is 20.9 Å². The molecule has 1 N–H and O–H groups in total. The molecule has 0 aromatic heterocycles. The first-order chi connectivity index (χ1) is 18.7. The minimum atomic E-state index is -4.01. The topological polar surface area (TPSA) is 66.5 Å². The van der Waals surface area contributed by atoms with E-state index in [4.69, 9.17) is 11.6 Å². The molecule has 4 aliphatic rings. The maximum absolute atomic E-state index is 13.7. The summed E-state index contributed by atoms with van der Waals surface area (Å²) < 4.78 is 28.5. The second kappa shape index (κ2) is 10.3. The number of amides is 1. The zero-order valence-corrected chi connectivity index (χ0v) is 24.0. The second-order valence-electron chi connectivity index (χ2n) is 11.9. The Morgan fingerprint density at radius 1 is 0.846 bits per heavy atom. The van der Waals surface area contributed by atoms with Gasteiger partial charge in [-0.15, -0.1) is 0 Å². The van der Waals surface area contributed by atoms with Crippen molar-refractivity contribution in [3.05, 3.63) is 88.4 Å². The Bertz CT molecular complexity index is 1460. The van der Waals surface area contributed by atoms with Crippen molar-refractivity contribution in [2.45, 2.75) is 56.8 Å². The maximum atomic E-state index is 13.7. The van der Waals surface area contributed by atoms with Crippen molar-refractivity contribution in [3.8, 4) is 0 Å². The van der Waals surface area contributed by atoms with Crippen LogP contribution in [0.25, 0.3) is 0 Å². The zero-order valence-electron chi connectivity index (χ0n) is 22.4. The lowest BCUT2D eigenvalue weighted by molar-refractivity contribution is -0.114. The fraction of sp³-hybridized carbons (Fsp3) is 0.406. The van der Waals surface area contributed by atoms with E-state index in [1.54, 1.807) is 12.1 Å². The number of anilines is 2. The van der Waals surface area contributed by atoms with Crippen molar-refractivity contribution in [3.63, 3.8) is 0 Å². The molecule has 4 fully saturated rings. The monoisotopic (exact) mass is 562 g/mol. The van der Waals surface area contributed by atoms with E-state index < -0.39 is 15.9 Å². The van der Waals surface area contributed by atoms with Crippen molar-refractivity contribution in [2.75, 3.05) is 16.2 Å². The van der Waals surface area contributed by atoms with Crippen LogP contribution < -0.4 is 9.62 Å². The summed E-state index contributed by atoms with van der Waals surface area (Å²) in [6, 6.07) is 19.7. The van der Waals surface area contributed by atoms with E-state index in [-0.39, 0.29) is 11.4 Å². The third-order valence-corrected chi connectivity index (χ3v) is 11.3. The van der Waals surface area contributed by atoms with E-state index in [0.29, 0.717) is 22.3 Å². The van der Waals surface area contributed by atoms with Gasteiger partial charge in [0.15, 0.2) is 0 Å². The molecule has 0 unspecified atom stereocenters. The number of aryl methyl sites for hydroxylation is 2. The number of hydrogen-bond acceptors (Lipinski definition) is 3. The van der Waals surface area contributed by atoms with Crippen molar-refractivity contribution in [1.29, 1.82) is 0 Å². The van der Waals surface area contributed by atoms with E-state index in [1.165, 1.54) is 66.2 Å². The van der Waals surface area contributed by atoms with E-state index in [1.807, 2.05) is 32.0 Å². The van der Waals surface area contributed by atoms with E-state index in [9.17, 15) is 13.2 Å². The molecule has 7 rings (SSSR count). The third-order valence-electron chi connectivity index (χ3n) is 9.27. The average molecular weight is 563 g/mol. The van der Waals surface area contributed by atoms with E-state index in [0.717, 1.165) is 34.8 Å². The molecule has 0 heterocycles. The van der Waals surface area contributed by atoms with Crippen LogP contribution in [0, 0.1) is 37.5 Å². The largest absolute Gasteiger partial charge is 0.325 e. The smallest absolute Gasteiger partial charge is 0.264 e. The first-order valence-corrected chi connectivity index (χ1v) is 15.7. The number of hydrogen-bond donors (Lipinski definition) is 1. The van der Waals surface area contributed by atoms with Gasteiger partial charge in [0.05, 0.1) is 10.6 Å². The van der Waals surface area contributed by atoms with Crippen LogP contribution in [0.2, 0.25) is 5.02 Å². The molecule has 3 aromatic carbocycles. The van der Waals surface area contributed by atoms with Crippen LogP contribution in [0.15, 0.2) is 71.6 Å². The molecule has 204 valence electrons. The molecule has 4 saturated carbocycles. The van der Waals surface area contributed by atoms with Gasteiger partial charge in [-0.25, -0.2) is 8.42 Å². The summed E-state index contributed by atoms with van der Waals surface area (Å²) >= 11 is 5.99. The third kappa shape index (κ3) is 5.21. The first-order valence-electron chi connectivity index (χ1n) is 13.9. The molecule has 0 radical (unpaired) electrons. The van der Waals surface area contributed by atoms with Gasteiger partial charge < -0.3 is 5.32 Å². The molecule has 1 amide bonds. The fourth-order valence-electron chi connectivity index (χ4n) is 7.52. The van der Waals surface area contributed by atoms with Gasteiger partial charge >= 0.3 is 0 Å². The predicted octanol–water partition coefficient (Wildman–Crippen LogP) is 7.33. The number of nitrogens with zero attached hydrogens (tertiary/aromatic N) is 1. The van der Waals surface area contributed by atoms with Gasteiger partial charge in [0.25, 0.3) is 10.0 Å². The minimum Gasteiger partial charge on any atom is -0.325 e. The highest BCUT2D eigenvalue weighted by Gasteiger charge is 2.48. The number of nitrogens with one attached hydrogen (secondary N) is 1. The van der Waals surface area contributed by atoms with Crippen molar-refractivity contribution in [2.24, 2.45) is 23.7 Å². The first kappa shape index (κ1) is 26.4. The van der Waals surface area contributed by atoms with Crippen molar-refractivity contribution >= 4 is 38.9 Å². The Balaban J connectivity index is 1.20.